The molecule has 0 aliphatic heterocycles. The van der Waals surface area contributed by atoms with Crippen LogP contribution in [0.1, 0.15) is 0 Å². The van der Waals surface area contributed by atoms with Gasteiger partial charge in [-0.3, -0.25) is 0 Å². The zero-order chi connectivity index (χ0) is 19.4. The first-order valence-electron chi connectivity index (χ1n) is 7.77. The fraction of sp³-hybridized carbons (Fsp3) is 0.111. The minimum atomic E-state index is -0.649. The summed E-state index contributed by atoms with van der Waals surface area (Å²) in [5.74, 6) is 0.339. The van der Waals surface area contributed by atoms with Crippen LogP contribution >= 0.6 is 11.6 Å². The molecule has 0 atom stereocenters. The van der Waals surface area contributed by atoms with E-state index >= 15 is 0 Å². The summed E-state index contributed by atoms with van der Waals surface area (Å²) in [4.78, 5) is 8.06. The van der Waals surface area contributed by atoms with Gasteiger partial charge in [-0.15, -0.1) is 0 Å². The highest BCUT2D eigenvalue weighted by molar-refractivity contribution is 6.32. The number of hydrogen-bond acceptors (Lipinski definition) is 7. The number of rotatable bonds is 6. The van der Waals surface area contributed by atoms with Crippen molar-refractivity contribution in [2.45, 2.75) is 0 Å². The SMILES string of the molecule is COc1cc(Nc2ncc(F)c(Nc3cccc(O)c3)n2)c(OC)cc1Cl. The van der Waals surface area contributed by atoms with Crippen molar-refractivity contribution < 1.29 is 19.0 Å². The lowest BCUT2D eigenvalue weighted by atomic mass is 10.2. The molecular formula is C18H16ClFN4O3. The number of aromatic hydroxyl groups is 1. The number of phenolic OH excluding ortho intramolecular Hbond substituents is 1. The number of ether oxygens (including phenoxy) is 2. The summed E-state index contributed by atoms with van der Waals surface area (Å²) in [5, 5.41) is 15.6. The van der Waals surface area contributed by atoms with E-state index in [0.29, 0.717) is 27.9 Å². The molecule has 27 heavy (non-hydrogen) atoms. The van der Waals surface area contributed by atoms with Crippen molar-refractivity contribution in [3.05, 3.63) is 53.4 Å². The van der Waals surface area contributed by atoms with Crippen molar-refractivity contribution in [2.24, 2.45) is 0 Å². The van der Waals surface area contributed by atoms with Gasteiger partial charge in [-0.1, -0.05) is 17.7 Å². The molecule has 0 saturated carbocycles. The van der Waals surface area contributed by atoms with Gasteiger partial charge in [0.15, 0.2) is 11.6 Å². The average molecular weight is 391 g/mol. The number of nitrogens with one attached hydrogen (secondary N) is 2. The van der Waals surface area contributed by atoms with E-state index in [-0.39, 0.29) is 17.5 Å². The van der Waals surface area contributed by atoms with Crippen molar-refractivity contribution in [3.63, 3.8) is 0 Å². The number of benzene rings is 2. The lowest BCUT2D eigenvalue weighted by Gasteiger charge is -2.14. The van der Waals surface area contributed by atoms with Gasteiger partial charge < -0.3 is 25.2 Å². The van der Waals surface area contributed by atoms with Crippen LogP contribution in [0.2, 0.25) is 5.02 Å². The predicted molar refractivity (Wildman–Crippen MR) is 101 cm³/mol. The molecule has 0 saturated heterocycles. The van der Waals surface area contributed by atoms with Crippen LogP contribution in [0.3, 0.4) is 0 Å². The van der Waals surface area contributed by atoms with E-state index in [9.17, 15) is 9.50 Å². The summed E-state index contributed by atoms with van der Waals surface area (Å²) in [5.41, 5.74) is 0.970. The van der Waals surface area contributed by atoms with Crippen molar-refractivity contribution in [2.75, 3.05) is 24.9 Å². The fourth-order valence-electron chi connectivity index (χ4n) is 2.31. The zero-order valence-corrected chi connectivity index (χ0v) is 15.2. The number of methoxy groups -OCH3 is 2. The van der Waals surface area contributed by atoms with Gasteiger partial charge in [-0.2, -0.15) is 4.98 Å². The molecule has 1 aromatic heterocycles. The average Bonchev–Trinajstić information content (AvgIpc) is 2.65. The predicted octanol–water partition coefficient (Wildman–Crippen LogP) is 4.48. The summed E-state index contributed by atoms with van der Waals surface area (Å²) < 4.78 is 24.5. The van der Waals surface area contributed by atoms with Crippen LogP contribution in [-0.4, -0.2) is 29.3 Å². The maximum Gasteiger partial charge on any atom is 0.229 e. The zero-order valence-electron chi connectivity index (χ0n) is 14.5. The third-order valence-corrected chi connectivity index (χ3v) is 3.87. The van der Waals surface area contributed by atoms with Crippen LogP contribution in [0, 0.1) is 5.82 Å². The number of halogens is 2. The van der Waals surface area contributed by atoms with Gasteiger partial charge in [-0.05, 0) is 12.1 Å². The van der Waals surface area contributed by atoms with Gasteiger partial charge in [0, 0.05) is 23.9 Å². The fourth-order valence-corrected chi connectivity index (χ4v) is 2.54. The summed E-state index contributed by atoms with van der Waals surface area (Å²) in [6.45, 7) is 0. The molecule has 0 aliphatic rings. The second kappa shape index (κ2) is 7.96. The van der Waals surface area contributed by atoms with Crippen molar-refractivity contribution in [1.29, 1.82) is 0 Å². The molecule has 2 aromatic carbocycles. The number of phenols is 1. The molecule has 0 spiro atoms. The van der Waals surface area contributed by atoms with Crippen LogP contribution in [0.15, 0.2) is 42.6 Å². The van der Waals surface area contributed by atoms with Gasteiger partial charge in [0.25, 0.3) is 0 Å². The van der Waals surface area contributed by atoms with Crippen LogP contribution < -0.4 is 20.1 Å². The maximum absolute atomic E-state index is 14.1. The molecule has 140 valence electrons. The van der Waals surface area contributed by atoms with Crippen LogP contribution in [0.4, 0.5) is 27.5 Å². The van der Waals surface area contributed by atoms with E-state index in [2.05, 4.69) is 20.6 Å². The van der Waals surface area contributed by atoms with Gasteiger partial charge >= 0.3 is 0 Å². The standard InChI is InChI=1S/C18H16ClFN4O3/c1-26-15-8-14(16(27-2)7-12(15)19)23-18-21-9-13(20)17(24-18)22-10-4-3-5-11(25)6-10/h3-9,25H,1-2H3,(H2,21,22,23,24). The first kappa shape index (κ1) is 18.5. The quantitative estimate of drug-likeness (QED) is 0.571. The minimum absolute atomic E-state index is 0.0470. The van der Waals surface area contributed by atoms with Crippen molar-refractivity contribution in [1.82, 2.24) is 9.97 Å². The molecule has 0 aliphatic carbocycles. The highest BCUT2D eigenvalue weighted by Gasteiger charge is 2.13. The Hall–Kier alpha value is -3.26. The third-order valence-electron chi connectivity index (χ3n) is 3.57. The first-order chi connectivity index (χ1) is 13.0. The Bertz CT molecular complexity index is 971. The summed E-state index contributed by atoms with van der Waals surface area (Å²) >= 11 is 6.09. The Kier molecular flexibility index (Phi) is 5.46. The Morgan fingerprint density at radius 2 is 1.85 bits per heavy atom. The normalized spacial score (nSPS) is 10.4. The largest absolute Gasteiger partial charge is 0.508 e. The Balaban J connectivity index is 1.90. The lowest BCUT2D eigenvalue weighted by Crippen LogP contribution is -2.04. The molecule has 3 N–H and O–H groups in total. The van der Waals surface area contributed by atoms with Crippen LogP contribution in [-0.2, 0) is 0 Å². The molecular weight excluding hydrogens is 375 g/mol. The van der Waals surface area contributed by atoms with Gasteiger partial charge in [0.2, 0.25) is 5.95 Å². The van der Waals surface area contributed by atoms with Crippen LogP contribution in [0.5, 0.6) is 17.2 Å². The third kappa shape index (κ3) is 4.29. The number of nitrogens with zero attached hydrogens (tertiary/aromatic N) is 2. The van der Waals surface area contributed by atoms with Crippen LogP contribution in [0.25, 0.3) is 0 Å². The topological polar surface area (TPSA) is 88.5 Å². The Morgan fingerprint density at radius 3 is 2.56 bits per heavy atom. The van der Waals surface area contributed by atoms with Gasteiger partial charge in [-0.25, -0.2) is 9.37 Å². The summed E-state index contributed by atoms with van der Waals surface area (Å²) in [7, 11) is 2.98. The molecule has 0 fully saturated rings. The van der Waals surface area contributed by atoms with E-state index in [1.54, 1.807) is 24.3 Å². The molecule has 9 heteroatoms. The first-order valence-corrected chi connectivity index (χ1v) is 8.15. The monoisotopic (exact) mass is 390 g/mol. The van der Waals surface area contributed by atoms with E-state index in [4.69, 9.17) is 21.1 Å². The number of hydrogen-bond donors (Lipinski definition) is 3. The van der Waals surface area contributed by atoms with Crippen molar-refractivity contribution in [3.8, 4) is 17.2 Å². The smallest absolute Gasteiger partial charge is 0.229 e. The second-order valence-corrected chi connectivity index (χ2v) is 5.78. The maximum atomic E-state index is 14.1. The molecule has 7 nitrogen and oxygen atoms in total. The number of aromatic nitrogens is 2. The summed E-state index contributed by atoms with van der Waals surface area (Å²) in [6.07, 6.45) is 1.03. The summed E-state index contributed by atoms with van der Waals surface area (Å²) in [6, 6.07) is 9.45. The molecule has 0 bridgehead atoms. The van der Waals surface area contributed by atoms with E-state index in [1.165, 1.54) is 26.4 Å². The second-order valence-electron chi connectivity index (χ2n) is 5.38. The van der Waals surface area contributed by atoms with E-state index < -0.39 is 5.82 Å². The Labute approximate surface area is 159 Å². The minimum Gasteiger partial charge on any atom is -0.508 e. The van der Waals surface area contributed by atoms with Crippen molar-refractivity contribution >= 4 is 34.7 Å². The molecule has 1 heterocycles. The highest BCUT2D eigenvalue weighted by Crippen LogP contribution is 2.37. The molecule has 0 unspecified atom stereocenters. The lowest BCUT2D eigenvalue weighted by molar-refractivity contribution is 0.405. The molecule has 3 aromatic rings. The van der Waals surface area contributed by atoms with E-state index in [0.717, 1.165) is 6.20 Å². The van der Waals surface area contributed by atoms with E-state index in [1.807, 2.05) is 0 Å². The molecule has 0 amide bonds. The molecule has 3 rings (SSSR count). The van der Waals surface area contributed by atoms with Gasteiger partial charge in [0.1, 0.15) is 17.2 Å². The highest BCUT2D eigenvalue weighted by atomic mass is 35.5. The molecule has 0 radical (unpaired) electrons. The Morgan fingerprint density at radius 1 is 1.07 bits per heavy atom. The van der Waals surface area contributed by atoms with Gasteiger partial charge in [0.05, 0.1) is 31.1 Å². The number of anilines is 4.